The Morgan fingerprint density at radius 3 is 2.60 bits per heavy atom. The van der Waals surface area contributed by atoms with Crippen LogP contribution in [0, 0.1) is 5.82 Å². The van der Waals surface area contributed by atoms with Gasteiger partial charge in [0, 0.05) is 0 Å². The second-order valence-electron chi connectivity index (χ2n) is 3.16. The molecule has 5 heteroatoms. The molecule has 1 saturated heterocycles. The lowest BCUT2D eigenvalue weighted by atomic mass is 10.2. The summed E-state index contributed by atoms with van der Waals surface area (Å²) in [6.07, 6.45) is 0. The molecule has 0 radical (unpaired) electrons. The molecule has 1 aliphatic rings. The maximum absolute atomic E-state index is 12.6. The van der Waals surface area contributed by atoms with Gasteiger partial charge in [0.15, 0.2) is 6.61 Å². The summed E-state index contributed by atoms with van der Waals surface area (Å²) in [5.74, 6) is -0.463. The molecule has 0 aliphatic carbocycles. The lowest BCUT2D eigenvalue weighted by molar-refractivity contribution is -0.126. The van der Waals surface area contributed by atoms with Crippen LogP contribution in [-0.4, -0.2) is 22.6 Å². The first-order valence-corrected chi connectivity index (χ1v) is 4.79. The average molecular weight is 225 g/mol. The smallest absolute Gasteiger partial charge is 0.268 e. The molecule has 15 heavy (non-hydrogen) atoms. The molecule has 1 amide bonds. The number of benzene rings is 1. The molecule has 0 bridgehead atoms. The molecule has 0 atom stereocenters. The van der Waals surface area contributed by atoms with E-state index in [1.807, 2.05) is 0 Å². The van der Waals surface area contributed by atoms with Crippen molar-refractivity contribution in [2.75, 3.05) is 6.61 Å². The molecule has 1 heterocycles. The van der Waals surface area contributed by atoms with Gasteiger partial charge in [0.05, 0.1) is 6.54 Å². The molecule has 1 aromatic carbocycles. The Kier molecular flexibility index (Phi) is 2.64. The van der Waals surface area contributed by atoms with Gasteiger partial charge in [-0.25, -0.2) is 4.39 Å². The number of halogens is 1. The lowest BCUT2D eigenvalue weighted by Crippen LogP contribution is -2.28. The highest BCUT2D eigenvalue weighted by Gasteiger charge is 2.27. The van der Waals surface area contributed by atoms with Gasteiger partial charge in [0.25, 0.3) is 11.1 Å². The zero-order valence-corrected chi connectivity index (χ0v) is 8.59. The number of rotatable bonds is 2. The predicted molar refractivity (Wildman–Crippen MR) is 55.5 cm³/mol. The Morgan fingerprint density at radius 2 is 2.07 bits per heavy atom. The molecule has 1 aliphatic heterocycles. The second-order valence-corrected chi connectivity index (χ2v) is 3.51. The van der Waals surface area contributed by atoms with E-state index in [1.54, 1.807) is 12.1 Å². The Hall–Kier alpha value is -1.49. The molecule has 3 nitrogen and oxygen atoms in total. The van der Waals surface area contributed by atoms with E-state index in [0.29, 0.717) is 6.54 Å². The van der Waals surface area contributed by atoms with Crippen LogP contribution < -0.4 is 0 Å². The van der Waals surface area contributed by atoms with Crippen LogP contribution in [0.5, 0.6) is 0 Å². The van der Waals surface area contributed by atoms with Crippen LogP contribution in [0.3, 0.4) is 0 Å². The summed E-state index contributed by atoms with van der Waals surface area (Å²) in [6.45, 7) is 0.331. The van der Waals surface area contributed by atoms with Crippen LogP contribution in [0.25, 0.3) is 0 Å². The van der Waals surface area contributed by atoms with E-state index in [9.17, 15) is 9.18 Å². The fourth-order valence-corrected chi connectivity index (χ4v) is 1.53. The fraction of sp³-hybridized carbons (Fsp3) is 0.200. The SMILES string of the molecule is O=C1COC(=S)N1Cc1ccc(F)cc1. The van der Waals surface area contributed by atoms with Gasteiger partial charge in [0.2, 0.25) is 0 Å². The Morgan fingerprint density at radius 1 is 1.40 bits per heavy atom. The molecule has 78 valence electrons. The van der Waals surface area contributed by atoms with E-state index >= 15 is 0 Å². The summed E-state index contributed by atoms with van der Waals surface area (Å²) in [5.41, 5.74) is 0.817. The third-order valence-corrected chi connectivity index (χ3v) is 2.43. The summed E-state index contributed by atoms with van der Waals surface area (Å²) in [6, 6.07) is 5.92. The predicted octanol–water partition coefficient (Wildman–Crippen LogP) is 1.47. The molecule has 0 spiro atoms. The van der Waals surface area contributed by atoms with E-state index in [1.165, 1.54) is 17.0 Å². The van der Waals surface area contributed by atoms with E-state index < -0.39 is 0 Å². The zero-order valence-electron chi connectivity index (χ0n) is 7.77. The normalized spacial score (nSPS) is 15.7. The van der Waals surface area contributed by atoms with Crippen LogP contribution in [0.4, 0.5) is 4.39 Å². The van der Waals surface area contributed by atoms with Crippen LogP contribution in [0.15, 0.2) is 24.3 Å². The Balaban J connectivity index is 2.11. The summed E-state index contributed by atoms with van der Waals surface area (Å²) in [4.78, 5) is 12.7. The van der Waals surface area contributed by atoms with Gasteiger partial charge in [-0.2, -0.15) is 0 Å². The van der Waals surface area contributed by atoms with Crippen molar-refractivity contribution in [1.82, 2.24) is 4.90 Å². The molecule has 1 aromatic rings. The number of thiocarbonyl (C=S) groups is 1. The van der Waals surface area contributed by atoms with Crippen LogP contribution in [0.1, 0.15) is 5.56 Å². The second kappa shape index (κ2) is 3.94. The molecule has 0 unspecified atom stereocenters. The molecular formula is C10H8FNO2S. The quantitative estimate of drug-likeness (QED) is 0.714. The molecule has 0 N–H and O–H groups in total. The number of carbonyl (C=O) groups is 1. The number of amides is 1. The van der Waals surface area contributed by atoms with Crippen molar-refractivity contribution < 1.29 is 13.9 Å². The molecule has 0 aromatic heterocycles. The van der Waals surface area contributed by atoms with Crippen LogP contribution in [-0.2, 0) is 16.1 Å². The van der Waals surface area contributed by atoms with Gasteiger partial charge in [-0.05, 0) is 29.9 Å². The number of hydrogen-bond acceptors (Lipinski definition) is 3. The number of nitrogens with zero attached hydrogens (tertiary/aromatic N) is 1. The van der Waals surface area contributed by atoms with E-state index in [0.717, 1.165) is 5.56 Å². The van der Waals surface area contributed by atoms with Crippen LogP contribution >= 0.6 is 12.2 Å². The summed E-state index contributed by atoms with van der Waals surface area (Å²) >= 11 is 4.85. The highest BCUT2D eigenvalue weighted by atomic mass is 32.1. The minimum atomic E-state index is -0.301. The maximum atomic E-state index is 12.6. The summed E-state index contributed by atoms with van der Waals surface area (Å²) in [5, 5.41) is 0.185. The van der Waals surface area contributed by atoms with Crippen molar-refractivity contribution in [3.63, 3.8) is 0 Å². The van der Waals surface area contributed by atoms with Gasteiger partial charge < -0.3 is 4.74 Å². The fourth-order valence-electron chi connectivity index (χ4n) is 1.31. The highest BCUT2D eigenvalue weighted by Crippen LogP contribution is 2.12. The maximum Gasteiger partial charge on any atom is 0.268 e. The van der Waals surface area contributed by atoms with Gasteiger partial charge in [-0.15, -0.1) is 0 Å². The largest absolute Gasteiger partial charge is 0.460 e. The third kappa shape index (κ3) is 2.12. The van der Waals surface area contributed by atoms with Crippen molar-refractivity contribution >= 4 is 23.3 Å². The van der Waals surface area contributed by atoms with Crippen LogP contribution in [0.2, 0.25) is 0 Å². The Bertz CT molecular complexity index is 388. The van der Waals surface area contributed by atoms with Gasteiger partial charge in [-0.3, -0.25) is 9.69 Å². The molecular weight excluding hydrogens is 217 g/mol. The minimum absolute atomic E-state index is 0.0000278. The van der Waals surface area contributed by atoms with E-state index in [2.05, 4.69) is 0 Å². The molecule has 2 rings (SSSR count). The van der Waals surface area contributed by atoms with E-state index in [4.69, 9.17) is 17.0 Å². The Labute approximate surface area is 91.4 Å². The van der Waals surface area contributed by atoms with Crippen molar-refractivity contribution in [3.05, 3.63) is 35.6 Å². The lowest BCUT2D eigenvalue weighted by Gasteiger charge is -2.12. The third-order valence-electron chi connectivity index (χ3n) is 2.09. The van der Waals surface area contributed by atoms with Crippen molar-refractivity contribution in [1.29, 1.82) is 0 Å². The van der Waals surface area contributed by atoms with Gasteiger partial charge in [-0.1, -0.05) is 12.1 Å². The first kappa shape index (κ1) is 10.0. The number of carbonyl (C=O) groups excluding carboxylic acids is 1. The van der Waals surface area contributed by atoms with Gasteiger partial charge in [0.1, 0.15) is 5.82 Å². The van der Waals surface area contributed by atoms with Gasteiger partial charge >= 0.3 is 0 Å². The first-order valence-electron chi connectivity index (χ1n) is 4.38. The summed E-state index contributed by atoms with van der Waals surface area (Å²) < 4.78 is 17.5. The average Bonchev–Trinajstić information content (AvgIpc) is 2.53. The number of ether oxygens (including phenoxy) is 1. The minimum Gasteiger partial charge on any atom is -0.460 e. The zero-order chi connectivity index (χ0) is 10.8. The summed E-state index contributed by atoms with van der Waals surface area (Å²) in [7, 11) is 0. The van der Waals surface area contributed by atoms with Crippen molar-refractivity contribution in [2.45, 2.75) is 6.54 Å². The van der Waals surface area contributed by atoms with Crippen molar-refractivity contribution in [3.8, 4) is 0 Å². The molecule has 1 fully saturated rings. The monoisotopic (exact) mass is 225 g/mol. The number of hydrogen-bond donors (Lipinski definition) is 0. The highest BCUT2D eigenvalue weighted by molar-refractivity contribution is 7.80. The molecule has 0 saturated carbocycles. The standard InChI is InChI=1S/C10H8FNO2S/c11-8-3-1-7(2-4-8)5-12-9(13)6-14-10(12)15/h1-4H,5-6H2. The van der Waals surface area contributed by atoms with E-state index in [-0.39, 0.29) is 23.5 Å². The first-order chi connectivity index (χ1) is 7.16. The topological polar surface area (TPSA) is 29.5 Å². The van der Waals surface area contributed by atoms with Crippen molar-refractivity contribution in [2.24, 2.45) is 0 Å².